The Labute approximate surface area is 147 Å². The number of phenols is 1. The SMILES string of the molecule is CC(C)c1cc(C(=O)c2ccccc2)c(O)cc1Oc1ccccc1. The zero-order chi connectivity index (χ0) is 17.8. The third-order valence-corrected chi connectivity index (χ3v) is 4.00. The van der Waals surface area contributed by atoms with Crippen molar-refractivity contribution >= 4 is 5.78 Å². The summed E-state index contributed by atoms with van der Waals surface area (Å²) in [5, 5.41) is 10.4. The second-order valence-corrected chi connectivity index (χ2v) is 6.17. The molecule has 3 nitrogen and oxygen atoms in total. The fourth-order valence-electron chi connectivity index (χ4n) is 2.67. The molecule has 0 saturated heterocycles. The average Bonchev–Trinajstić information content (AvgIpc) is 2.62. The molecule has 3 rings (SSSR count). The fourth-order valence-corrected chi connectivity index (χ4v) is 2.67. The van der Waals surface area contributed by atoms with Gasteiger partial charge in [-0.25, -0.2) is 0 Å². The van der Waals surface area contributed by atoms with Crippen molar-refractivity contribution in [1.82, 2.24) is 0 Å². The van der Waals surface area contributed by atoms with Gasteiger partial charge in [-0.05, 0) is 29.7 Å². The maximum absolute atomic E-state index is 12.7. The summed E-state index contributed by atoms with van der Waals surface area (Å²) in [6, 6.07) is 21.6. The molecule has 0 aromatic heterocycles. The number of carbonyl (C=O) groups excluding carboxylic acids is 1. The molecule has 3 heteroatoms. The predicted octanol–water partition coefficient (Wildman–Crippen LogP) is 5.54. The first-order valence-electron chi connectivity index (χ1n) is 8.26. The van der Waals surface area contributed by atoms with E-state index in [0.29, 0.717) is 17.1 Å². The highest BCUT2D eigenvalue weighted by Gasteiger charge is 2.19. The van der Waals surface area contributed by atoms with Crippen molar-refractivity contribution in [2.24, 2.45) is 0 Å². The first kappa shape index (κ1) is 16.8. The zero-order valence-corrected chi connectivity index (χ0v) is 14.3. The molecular weight excluding hydrogens is 312 g/mol. The Morgan fingerprint density at radius 1 is 0.920 bits per heavy atom. The lowest BCUT2D eigenvalue weighted by atomic mass is 9.95. The molecule has 0 radical (unpaired) electrons. The lowest BCUT2D eigenvalue weighted by Crippen LogP contribution is -2.04. The van der Waals surface area contributed by atoms with Crippen LogP contribution in [0.15, 0.2) is 72.8 Å². The van der Waals surface area contributed by atoms with E-state index in [0.717, 1.165) is 5.56 Å². The molecule has 25 heavy (non-hydrogen) atoms. The molecule has 0 unspecified atom stereocenters. The van der Waals surface area contributed by atoms with E-state index in [1.165, 1.54) is 6.07 Å². The minimum Gasteiger partial charge on any atom is -0.507 e. The highest BCUT2D eigenvalue weighted by Crippen LogP contribution is 2.36. The quantitative estimate of drug-likeness (QED) is 0.624. The van der Waals surface area contributed by atoms with Gasteiger partial charge in [0.15, 0.2) is 5.78 Å². The Morgan fingerprint density at radius 3 is 2.12 bits per heavy atom. The summed E-state index contributed by atoms with van der Waals surface area (Å²) >= 11 is 0. The van der Waals surface area contributed by atoms with Gasteiger partial charge in [0, 0.05) is 11.6 Å². The van der Waals surface area contributed by atoms with Crippen LogP contribution in [0.5, 0.6) is 17.2 Å². The van der Waals surface area contributed by atoms with Gasteiger partial charge >= 0.3 is 0 Å². The van der Waals surface area contributed by atoms with Crippen LogP contribution >= 0.6 is 0 Å². The second kappa shape index (κ2) is 7.22. The van der Waals surface area contributed by atoms with Crippen LogP contribution in [0.25, 0.3) is 0 Å². The van der Waals surface area contributed by atoms with Gasteiger partial charge in [0.1, 0.15) is 17.2 Å². The number of hydrogen-bond donors (Lipinski definition) is 1. The van der Waals surface area contributed by atoms with Gasteiger partial charge in [-0.1, -0.05) is 62.4 Å². The molecule has 0 aliphatic heterocycles. The lowest BCUT2D eigenvalue weighted by molar-refractivity contribution is 0.103. The molecule has 126 valence electrons. The van der Waals surface area contributed by atoms with E-state index >= 15 is 0 Å². The van der Waals surface area contributed by atoms with Crippen molar-refractivity contribution in [3.05, 3.63) is 89.5 Å². The van der Waals surface area contributed by atoms with Gasteiger partial charge in [0.2, 0.25) is 0 Å². The number of benzene rings is 3. The average molecular weight is 332 g/mol. The van der Waals surface area contributed by atoms with E-state index in [1.807, 2.05) is 50.2 Å². The van der Waals surface area contributed by atoms with Crippen LogP contribution < -0.4 is 4.74 Å². The number of ether oxygens (including phenoxy) is 1. The Morgan fingerprint density at radius 2 is 1.52 bits per heavy atom. The molecule has 0 aliphatic rings. The maximum Gasteiger partial charge on any atom is 0.196 e. The molecule has 0 aliphatic carbocycles. The molecule has 0 atom stereocenters. The van der Waals surface area contributed by atoms with Gasteiger partial charge in [-0.15, -0.1) is 0 Å². The Balaban J connectivity index is 2.02. The molecule has 0 saturated carbocycles. The number of para-hydroxylation sites is 1. The number of rotatable bonds is 5. The molecule has 3 aromatic rings. The van der Waals surface area contributed by atoms with Gasteiger partial charge < -0.3 is 9.84 Å². The van der Waals surface area contributed by atoms with Gasteiger partial charge in [-0.3, -0.25) is 4.79 Å². The van der Waals surface area contributed by atoms with E-state index in [2.05, 4.69) is 0 Å². The summed E-state index contributed by atoms with van der Waals surface area (Å²) < 4.78 is 5.92. The summed E-state index contributed by atoms with van der Waals surface area (Å²) in [6.07, 6.45) is 0. The third-order valence-electron chi connectivity index (χ3n) is 4.00. The minimum atomic E-state index is -0.203. The summed E-state index contributed by atoms with van der Waals surface area (Å²) in [6.45, 7) is 4.06. The smallest absolute Gasteiger partial charge is 0.196 e. The predicted molar refractivity (Wildman–Crippen MR) is 98.6 cm³/mol. The summed E-state index contributed by atoms with van der Waals surface area (Å²) in [4.78, 5) is 12.7. The summed E-state index contributed by atoms with van der Waals surface area (Å²) in [7, 11) is 0. The Bertz CT molecular complexity index is 869. The molecule has 0 bridgehead atoms. The minimum absolute atomic E-state index is 0.0795. The first-order chi connectivity index (χ1) is 12.1. The van der Waals surface area contributed by atoms with Crippen molar-refractivity contribution < 1.29 is 14.6 Å². The molecule has 1 N–H and O–H groups in total. The van der Waals surface area contributed by atoms with Crippen LogP contribution in [0.2, 0.25) is 0 Å². The Kier molecular flexibility index (Phi) is 4.85. The lowest BCUT2D eigenvalue weighted by Gasteiger charge is -2.16. The van der Waals surface area contributed by atoms with E-state index in [-0.39, 0.29) is 23.0 Å². The molecule has 0 heterocycles. The maximum atomic E-state index is 12.7. The van der Waals surface area contributed by atoms with Crippen LogP contribution in [0.3, 0.4) is 0 Å². The van der Waals surface area contributed by atoms with Crippen molar-refractivity contribution in [3.63, 3.8) is 0 Å². The number of carbonyl (C=O) groups is 1. The molecule has 0 spiro atoms. The fraction of sp³-hybridized carbons (Fsp3) is 0.136. The normalized spacial score (nSPS) is 10.7. The number of phenolic OH excluding ortho intramolecular Hbond substituents is 1. The van der Waals surface area contributed by atoms with Crippen LogP contribution in [0.4, 0.5) is 0 Å². The Hall–Kier alpha value is -3.07. The molecule has 0 amide bonds. The monoisotopic (exact) mass is 332 g/mol. The third kappa shape index (κ3) is 3.72. The summed E-state index contributed by atoms with van der Waals surface area (Å²) in [5.74, 6) is 1.10. The zero-order valence-electron chi connectivity index (χ0n) is 14.3. The number of hydrogen-bond acceptors (Lipinski definition) is 3. The standard InChI is InChI=1S/C22H20O3/c1-15(2)18-13-19(22(24)16-9-5-3-6-10-16)20(23)14-21(18)25-17-11-7-4-8-12-17/h3-15,23H,1-2H3. The highest BCUT2D eigenvalue weighted by atomic mass is 16.5. The van der Waals surface area contributed by atoms with E-state index in [4.69, 9.17) is 4.74 Å². The van der Waals surface area contributed by atoms with Crippen molar-refractivity contribution in [2.75, 3.05) is 0 Å². The van der Waals surface area contributed by atoms with Crippen LogP contribution in [-0.4, -0.2) is 10.9 Å². The van der Waals surface area contributed by atoms with Gasteiger partial charge in [0.05, 0.1) is 5.56 Å². The van der Waals surface area contributed by atoms with Gasteiger partial charge in [0.25, 0.3) is 0 Å². The van der Waals surface area contributed by atoms with Crippen molar-refractivity contribution in [3.8, 4) is 17.2 Å². The van der Waals surface area contributed by atoms with Crippen LogP contribution in [0.1, 0.15) is 41.3 Å². The van der Waals surface area contributed by atoms with Crippen molar-refractivity contribution in [2.45, 2.75) is 19.8 Å². The van der Waals surface area contributed by atoms with E-state index < -0.39 is 0 Å². The van der Waals surface area contributed by atoms with Gasteiger partial charge in [-0.2, -0.15) is 0 Å². The van der Waals surface area contributed by atoms with Crippen molar-refractivity contribution in [1.29, 1.82) is 0 Å². The number of aromatic hydroxyl groups is 1. The van der Waals surface area contributed by atoms with E-state index in [9.17, 15) is 9.90 Å². The van der Waals surface area contributed by atoms with Crippen LogP contribution in [-0.2, 0) is 0 Å². The molecule has 0 fully saturated rings. The van der Waals surface area contributed by atoms with E-state index in [1.54, 1.807) is 30.3 Å². The van der Waals surface area contributed by atoms with Crippen LogP contribution in [0, 0.1) is 0 Å². The second-order valence-electron chi connectivity index (χ2n) is 6.17. The first-order valence-corrected chi connectivity index (χ1v) is 8.26. The highest BCUT2D eigenvalue weighted by molar-refractivity contribution is 6.10. The molecule has 3 aromatic carbocycles. The molecular formula is C22H20O3. The number of ketones is 1. The summed E-state index contributed by atoms with van der Waals surface area (Å²) in [5.41, 5.74) is 1.71. The largest absolute Gasteiger partial charge is 0.507 e. The topological polar surface area (TPSA) is 46.5 Å².